The number of carbonyl (C=O) groups is 2. The zero-order valence-corrected chi connectivity index (χ0v) is 6.11. The Hall–Kier alpha value is -1.71. The molecule has 1 amide bonds. The molecule has 0 aromatic rings. The van der Waals surface area contributed by atoms with E-state index < -0.39 is 0 Å². The largest absolute Gasteiger partial charge is 0.433 e. The Bertz CT molecular complexity index is 349. The van der Waals surface area contributed by atoms with Crippen LogP contribution in [0.4, 0.5) is 0 Å². The second-order valence-electron chi connectivity index (χ2n) is 2.47. The molecule has 0 spiro atoms. The van der Waals surface area contributed by atoms with Crippen LogP contribution in [0.25, 0.3) is 0 Å². The Morgan fingerprint density at radius 2 is 2.25 bits per heavy atom. The van der Waals surface area contributed by atoms with Crippen LogP contribution in [-0.2, 0) is 14.3 Å². The number of fused-ring (bicyclic) bond motifs is 1. The molecule has 0 aliphatic carbocycles. The van der Waals surface area contributed by atoms with E-state index in [1.54, 1.807) is 6.08 Å². The summed E-state index contributed by atoms with van der Waals surface area (Å²) in [6.07, 6.45) is 4.36. The molecule has 0 fully saturated rings. The van der Waals surface area contributed by atoms with Gasteiger partial charge >= 0.3 is 5.97 Å². The first kappa shape index (κ1) is 6.97. The second kappa shape index (κ2) is 2.41. The molecule has 2 rings (SSSR count). The van der Waals surface area contributed by atoms with Gasteiger partial charge in [-0.25, -0.2) is 4.99 Å². The summed E-state index contributed by atoms with van der Waals surface area (Å²) < 4.78 is 4.58. The number of hydrogen-bond donors (Lipinski definition) is 0. The third-order valence-electron chi connectivity index (χ3n) is 1.69. The topological polar surface area (TPSA) is 55.7 Å². The van der Waals surface area contributed by atoms with Gasteiger partial charge in [0.2, 0.25) is 0 Å². The van der Waals surface area contributed by atoms with Crippen LogP contribution < -0.4 is 0 Å². The number of hydrogen-bond acceptors (Lipinski definition) is 3. The van der Waals surface area contributed by atoms with Gasteiger partial charge in [0.1, 0.15) is 6.26 Å². The molecule has 2 heterocycles. The van der Waals surface area contributed by atoms with E-state index in [9.17, 15) is 9.59 Å². The van der Waals surface area contributed by atoms with Crippen LogP contribution >= 0.6 is 0 Å². The maximum absolute atomic E-state index is 11.0. The van der Waals surface area contributed by atoms with Crippen LogP contribution in [0, 0.1) is 0 Å². The minimum absolute atomic E-state index is 0.156. The van der Waals surface area contributed by atoms with Crippen molar-refractivity contribution in [2.45, 2.75) is 6.42 Å². The quantitative estimate of drug-likeness (QED) is 0.484. The van der Waals surface area contributed by atoms with E-state index >= 15 is 0 Å². The van der Waals surface area contributed by atoms with Gasteiger partial charge in [-0.15, -0.1) is 0 Å². The second-order valence-corrected chi connectivity index (χ2v) is 2.47. The van der Waals surface area contributed by atoms with E-state index in [0.29, 0.717) is 11.1 Å². The summed E-state index contributed by atoms with van der Waals surface area (Å²) in [6.45, 7) is 0. The van der Waals surface area contributed by atoms with Gasteiger partial charge in [-0.1, -0.05) is 0 Å². The summed E-state index contributed by atoms with van der Waals surface area (Å²) in [4.78, 5) is 25.3. The van der Waals surface area contributed by atoms with Crippen molar-refractivity contribution >= 4 is 18.1 Å². The fourth-order valence-corrected chi connectivity index (χ4v) is 1.09. The highest BCUT2D eigenvalue weighted by Gasteiger charge is 2.23. The van der Waals surface area contributed by atoms with Crippen molar-refractivity contribution in [2.75, 3.05) is 0 Å². The predicted octanol–water partition coefficient (Wildman–Crippen LogP) is 0.355. The molecule has 2 aliphatic heterocycles. The minimum atomic E-state index is -0.347. The lowest BCUT2D eigenvalue weighted by Gasteiger charge is -2.14. The molecule has 2 aliphatic rings. The Balaban J connectivity index is 2.44. The van der Waals surface area contributed by atoms with Crippen molar-refractivity contribution in [3.63, 3.8) is 0 Å². The number of carbonyl (C=O) groups excluding carboxylic acids is 2. The molecule has 0 saturated heterocycles. The van der Waals surface area contributed by atoms with Crippen LogP contribution in [0.1, 0.15) is 6.42 Å². The monoisotopic (exact) mass is 163 g/mol. The summed E-state index contributed by atoms with van der Waals surface area (Å²) in [5.41, 5.74) is 1.07. The van der Waals surface area contributed by atoms with Gasteiger partial charge in [0.25, 0.3) is 5.91 Å². The third-order valence-corrected chi connectivity index (χ3v) is 1.69. The molecule has 0 aromatic carbocycles. The Kier molecular flexibility index (Phi) is 1.40. The molecule has 4 heteroatoms. The number of aliphatic imine (C=N–C) groups is 1. The molecule has 12 heavy (non-hydrogen) atoms. The van der Waals surface area contributed by atoms with E-state index in [2.05, 4.69) is 9.73 Å². The maximum Gasteiger partial charge on any atom is 0.315 e. The van der Waals surface area contributed by atoms with Crippen LogP contribution in [-0.4, -0.2) is 18.1 Å². The number of cyclic esters (lactones) is 1. The molecule has 4 nitrogen and oxygen atoms in total. The highest BCUT2D eigenvalue weighted by molar-refractivity contribution is 6.08. The third kappa shape index (κ3) is 0.972. The van der Waals surface area contributed by atoms with Crippen molar-refractivity contribution in [1.82, 2.24) is 0 Å². The fourth-order valence-electron chi connectivity index (χ4n) is 1.09. The van der Waals surface area contributed by atoms with Gasteiger partial charge in [-0.2, -0.15) is 0 Å². The summed E-state index contributed by atoms with van der Waals surface area (Å²) in [7, 11) is 0. The molecule has 0 bridgehead atoms. The number of ether oxygens (including phenoxy) is 1. The number of nitrogens with zero attached hydrogens (tertiary/aromatic N) is 1. The number of rotatable bonds is 0. The molecule has 0 unspecified atom stereocenters. The molecular formula is C8H5NO3. The van der Waals surface area contributed by atoms with Gasteiger partial charge < -0.3 is 4.74 Å². The first-order chi connectivity index (χ1) is 5.77. The summed E-state index contributed by atoms with van der Waals surface area (Å²) in [6, 6.07) is 0. The van der Waals surface area contributed by atoms with Gasteiger partial charge in [0.15, 0.2) is 0 Å². The highest BCUT2D eigenvalue weighted by Crippen LogP contribution is 2.22. The summed E-state index contributed by atoms with van der Waals surface area (Å²) >= 11 is 0. The Morgan fingerprint density at radius 1 is 1.42 bits per heavy atom. The fraction of sp³-hybridized carbons (Fsp3) is 0.125. The van der Waals surface area contributed by atoms with Gasteiger partial charge in [0.05, 0.1) is 12.0 Å². The SMILES string of the molecule is O=C1CC2=CC=NC(=O)C2=CO1. The van der Waals surface area contributed by atoms with E-state index in [1.807, 2.05) is 0 Å². The lowest BCUT2D eigenvalue weighted by Crippen LogP contribution is -2.16. The van der Waals surface area contributed by atoms with Crippen molar-refractivity contribution in [3.8, 4) is 0 Å². The molecule has 0 radical (unpaired) electrons. The minimum Gasteiger partial charge on any atom is -0.433 e. The smallest absolute Gasteiger partial charge is 0.315 e. The average molecular weight is 163 g/mol. The molecule has 60 valence electrons. The van der Waals surface area contributed by atoms with Crippen LogP contribution in [0.15, 0.2) is 28.5 Å². The predicted molar refractivity (Wildman–Crippen MR) is 40.4 cm³/mol. The van der Waals surface area contributed by atoms with Gasteiger partial charge in [-0.3, -0.25) is 9.59 Å². The van der Waals surface area contributed by atoms with Crippen LogP contribution in [0.3, 0.4) is 0 Å². The highest BCUT2D eigenvalue weighted by atomic mass is 16.5. The Morgan fingerprint density at radius 3 is 3.08 bits per heavy atom. The molecule has 0 aromatic heterocycles. The number of dihydropyridines is 1. The molecule has 0 atom stereocenters. The summed E-state index contributed by atoms with van der Waals surface area (Å²) in [5.74, 6) is -0.687. The average Bonchev–Trinajstić information content (AvgIpc) is 2.04. The van der Waals surface area contributed by atoms with E-state index in [-0.39, 0.29) is 18.3 Å². The van der Waals surface area contributed by atoms with Crippen molar-refractivity contribution in [1.29, 1.82) is 0 Å². The van der Waals surface area contributed by atoms with Gasteiger partial charge in [-0.05, 0) is 11.6 Å². The molecule has 0 N–H and O–H groups in total. The van der Waals surface area contributed by atoms with Gasteiger partial charge in [0, 0.05) is 6.21 Å². The number of amides is 1. The van der Waals surface area contributed by atoms with Crippen molar-refractivity contribution in [2.24, 2.45) is 4.99 Å². The number of esters is 1. The Labute approximate surface area is 68.2 Å². The lowest BCUT2D eigenvalue weighted by atomic mass is 10.0. The standard InChI is InChI=1S/C8H5NO3/c10-7-3-5-1-2-9-8(11)6(5)4-12-7/h1-2,4H,3H2. The molecular weight excluding hydrogens is 158 g/mol. The van der Waals surface area contributed by atoms with Crippen LogP contribution in [0.2, 0.25) is 0 Å². The summed E-state index contributed by atoms with van der Waals surface area (Å²) in [5, 5.41) is 0. The van der Waals surface area contributed by atoms with E-state index in [0.717, 1.165) is 6.26 Å². The number of allylic oxidation sites excluding steroid dienone is 1. The first-order valence-corrected chi connectivity index (χ1v) is 3.45. The zero-order chi connectivity index (χ0) is 8.55. The van der Waals surface area contributed by atoms with Crippen molar-refractivity contribution < 1.29 is 14.3 Å². The maximum atomic E-state index is 11.0. The molecule has 0 saturated carbocycles. The lowest BCUT2D eigenvalue weighted by molar-refractivity contribution is -0.137. The first-order valence-electron chi connectivity index (χ1n) is 3.45. The van der Waals surface area contributed by atoms with Crippen LogP contribution in [0.5, 0.6) is 0 Å². The zero-order valence-electron chi connectivity index (χ0n) is 6.11. The van der Waals surface area contributed by atoms with Crippen molar-refractivity contribution in [3.05, 3.63) is 23.5 Å². The van der Waals surface area contributed by atoms with E-state index in [4.69, 9.17) is 0 Å². The normalized spacial score (nSPS) is 21.0. The van der Waals surface area contributed by atoms with E-state index in [1.165, 1.54) is 6.21 Å².